The largest absolute Gasteiger partial charge is 0.493 e. The molecule has 0 radical (unpaired) electrons. The lowest BCUT2D eigenvalue weighted by Gasteiger charge is -2.14. The van der Waals surface area contributed by atoms with Crippen molar-refractivity contribution in [2.75, 3.05) is 19.0 Å². The van der Waals surface area contributed by atoms with Crippen LogP contribution in [0.4, 0.5) is 5.69 Å². The highest BCUT2D eigenvalue weighted by atomic mass is 127. The quantitative estimate of drug-likeness (QED) is 0.574. The Labute approximate surface area is 157 Å². The Bertz CT molecular complexity index is 689. The van der Waals surface area contributed by atoms with Gasteiger partial charge in [-0.25, -0.2) is 0 Å². The molecule has 0 aliphatic heterocycles. The van der Waals surface area contributed by atoms with Crippen molar-refractivity contribution in [3.8, 4) is 11.5 Å². The van der Waals surface area contributed by atoms with E-state index in [0.717, 1.165) is 15.7 Å². The molecular weight excluding hydrogens is 473 g/mol. The van der Waals surface area contributed by atoms with Crippen LogP contribution in [0.25, 0.3) is 0 Å². The van der Waals surface area contributed by atoms with Crippen LogP contribution in [-0.4, -0.2) is 19.6 Å². The van der Waals surface area contributed by atoms with E-state index < -0.39 is 0 Å². The van der Waals surface area contributed by atoms with E-state index in [2.05, 4.69) is 43.8 Å². The van der Waals surface area contributed by atoms with Gasteiger partial charge in [0.2, 0.25) is 0 Å². The maximum absolute atomic E-state index is 12.4. The lowest BCUT2D eigenvalue weighted by atomic mass is 10.1. The third-order valence-corrected chi connectivity index (χ3v) is 4.35. The van der Waals surface area contributed by atoms with Crippen molar-refractivity contribution in [2.45, 2.75) is 13.3 Å². The summed E-state index contributed by atoms with van der Waals surface area (Å²) in [4.78, 5) is 12.4. The smallest absolute Gasteiger partial charge is 0.255 e. The molecule has 1 amide bonds. The monoisotopic (exact) mass is 489 g/mol. The van der Waals surface area contributed by atoms with Crippen molar-refractivity contribution >= 4 is 50.1 Å². The number of ether oxygens (including phenoxy) is 2. The molecule has 122 valence electrons. The number of rotatable bonds is 6. The number of anilines is 1. The minimum absolute atomic E-state index is 0.202. The molecule has 2 aromatic rings. The second kappa shape index (κ2) is 8.54. The average molecular weight is 490 g/mol. The van der Waals surface area contributed by atoms with Gasteiger partial charge >= 0.3 is 0 Å². The van der Waals surface area contributed by atoms with E-state index in [1.165, 1.54) is 0 Å². The van der Waals surface area contributed by atoms with Gasteiger partial charge in [0.05, 0.1) is 18.2 Å². The number of hydrogen-bond donors (Lipinski definition) is 1. The molecule has 0 aromatic heterocycles. The van der Waals surface area contributed by atoms with Gasteiger partial charge in [0.1, 0.15) is 0 Å². The molecule has 2 aromatic carbocycles. The fourth-order valence-corrected chi connectivity index (χ4v) is 2.85. The maximum Gasteiger partial charge on any atom is 0.255 e. The summed E-state index contributed by atoms with van der Waals surface area (Å²) in [7, 11) is 1.56. The van der Waals surface area contributed by atoms with Gasteiger partial charge in [0.15, 0.2) is 11.5 Å². The van der Waals surface area contributed by atoms with Crippen molar-refractivity contribution < 1.29 is 14.3 Å². The highest BCUT2D eigenvalue weighted by molar-refractivity contribution is 14.1. The molecule has 0 spiro atoms. The highest BCUT2D eigenvalue weighted by Crippen LogP contribution is 2.37. The zero-order valence-electron chi connectivity index (χ0n) is 12.9. The second-order valence-corrected chi connectivity index (χ2v) is 6.90. The lowest BCUT2D eigenvalue weighted by molar-refractivity contribution is 0.102. The van der Waals surface area contributed by atoms with Crippen molar-refractivity contribution in [2.24, 2.45) is 0 Å². The fraction of sp³-hybridized carbons (Fsp3) is 0.235. The first-order chi connectivity index (χ1) is 11.0. The number of benzene rings is 2. The van der Waals surface area contributed by atoms with Crippen LogP contribution in [0.15, 0.2) is 40.9 Å². The van der Waals surface area contributed by atoms with Crippen molar-refractivity contribution in [1.29, 1.82) is 0 Å². The molecule has 2 rings (SSSR count). The zero-order chi connectivity index (χ0) is 16.8. The van der Waals surface area contributed by atoms with Gasteiger partial charge in [0, 0.05) is 14.8 Å². The number of halogens is 2. The van der Waals surface area contributed by atoms with Crippen molar-refractivity contribution in [3.63, 3.8) is 0 Å². The number of nitrogens with one attached hydrogen (secondary N) is 1. The molecule has 0 saturated carbocycles. The number of carbonyl (C=O) groups is 1. The predicted molar refractivity (Wildman–Crippen MR) is 104 cm³/mol. The van der Waals surface area contributed by atoms with Crippen LogP contribution in [0.1, 0.15) is 23.7 Å². The van der Waals surface area contributed by atoms with Crippen LogP contribution in [-0.2, 0) is 0 Å². The summed E-state index contributed by atoms with van der Waals surface area (Å²) in [6.07, 6.45) is 0.893. The minimum atomic E-state index is -0.202. The topological polar surface area (TPSA) is 47.6 Å². The van der Waals surface area contributed by atoms with Gasteiger partial charge in [-0.3, -0.25) is 4.79 Å². The summed E-state index contributed by atoms with van der Waals surface area (Å²) in [5.41, 5.74) is 1.24. The summed E-state index contributed by atoms with van der Waals surface area (Å²) in [5.74, 6) is 0.938. The van der Waals surface area contributed by atoms with Crippen LogP contribution in [0.3, 0.4) is 0 Å². The Morgan fingerprint density at radius 3 is 2.57 bits per heavy atom. The van der Waals surface area contributed by atoms with Crippen LogP contribution in [0, 0.1) is 3.57 Å². The highest BCUT2D eigenvalue weighted by Gasteiger charge is 2.15. The maximum atomic E-state index is 12.4. The van der Waals surface area contributed by atoms with Crippen molar-refractivity contribution in [1.82, 2.24) is 0 Å². The van der Waals surface area contributed by atoms with Gasteiger partial charge in [0.25, 0.3) is 5.91 Å². The van der Waals surface area contributed by atoms with E-state index >= 15 is 0 Å². The molecule has 0 aliphatic rings. The van der Waals surface area contributed by atoms with Crippen LogP contribution < -0.4 is 14.8 Å². The Morgan fingerprint density at radius 2 is 1.96 bits per heavy atom. The second-order valence-electron chi connectivity index (χ2n) is 4.80. The van der Waals surface area contributed by atoms with E-state index in [1.807, 2.05) is 31.2 Å². The van der Waals surface area contributed by atoms with E-state index in [1.54, 1.807) is 19.2 Å². The molecule has 0 atom stereocenters. The Kier molecular flexibility index (Phi) is 6.71. The summed E-state index contributed by atoms with van der Waals surface area (Å²) in [6, 6.07) is 11.0. The third kappa shape index (κ3) is 4.84. The molecule has 6 heteroatoms. The number of hydrogen-bond acceptors (Lipinski definition) is 3. The average Bonchev–Trinajstić information content (AvgIpc) is 2.55. The van der Waals surface area contributed by atoms with E-state index in [4.69, 9.17) is 9.47 Å². The third-order valence-electron chi connectivity index (χ3n) is 3.04. The van der Waals surface area contributed by atoms with Gasteiger partial charge in [-0.1, -0.05) is 6.92 Å². The van der Waals surface area contributed by atoms with Crippen LogP contribution in [0.5, 0.6) is 11.5 Å². The number of amides is 1. The molecular formula is C17H17BrINO3. The minimum Gasteiger partial charge on any atom is -0.493 e. The van der Waals surface area contributed by atoms with E-state index in [9.17, 15) is 4.79 Å². The summed E-state index contributed by atoms with van der Waals surface area (Å²) in [6.45, 7) is 2.62. The zero-order valence-corrected chi connectivity index (χ0v) is 16.6. The molecule has 0 unspecified atom stereocenters. The fourth-order valence-electron chi connectivity index (χ4n) is 1.93. The molecule has 4 nitrogen and oxygen atoms in total. The number of methoxy groups -OCH3 is 1. The first kappa shape index (κ1) is 18.1. The molecule has 0 fully saturated rings. The molecule has 0 heterocycles. The van der Waals surface area contributed by atoms with Gasteiger partial charge in [-0.05, 0) is 81.3 Å². The van der Waals surface area contributed by atoms with Gasteiger partial charge in [-0.2, -0.15) is 0 Å². The molecule has 0 bridgehead atoms. The Hall–Kier alpha value is -1.28. The Balaban J connectivity index is 2.23. The van der Waals surface area contributed by atoms with Crippen molar-refractivity contribution in [3.05, 3.63) is 50.0 Å². The van der Waals surface area contributed by atoms with E-state index in [0.29, 0.717) is 28.1 Å². The first-order valence-corrected chi connectivity index (χ1v) is 8.99. The molecule has 23 heavy (non-hydrogen) atoms. The van der Waals surface area contributed by atoms with Crippen LogP contribution in [0.2, 0.25) is 0 Å². The van der Waals surface area contributed by atoms with Crippen LogP contribution >= 0.6 is 38.5 Å². The Morgan fingerprint density at radius 1 is 1.26 bits per heavy atom. The molecule has 0 saturated heterocycles. The van der Waals surface area contributed by atoms with Gasteiger partial charge in [-0.15, -0.1) is 0 Å². The molecule has 1 N–H and O–H groups in total. The molecule has 0 aliphatic carbocycles. The van der Waals surface area contributed by atoms with E-state index in [-0.39, 0.29) is 5.91 Å². The summed E-state index contributed by atoms with van der Waals surface area (Å²) < 4.78 is 12.8. The SMILES string of the molecule is CCCOc1c(Br)cc(C(=O)Nc2ccc(I)cc2)cc1OC. The van der Waals surface area contributed by atoms with Gasteiger partial charge < -0.3 is 14.8 Å². The summed E-state index contributed by atoms with van der Waals surface area (Å²) in [5, 5.41) is 2.87. The lowest BCUT2D eigenvalue weighted by Crippen LogP contribution is -2.12. The normalized spacial score (nSPS) is 10.3. The standard InChI is InChI=1S/C17H17BrINO3/c1-3-8-23-16-14(18)9-11(10-15(16)22-2)17(21)20-13-6-4-12(19)5-7-13/h4-7,9-10H,3,8H2,1-2H3,(H,20,21). The summed E-state index contributed by atoms with van der Waals surface area (Å²) >= 11 is 5.67. The first-order valence-electron chi connectivity index (χ1n) is 7.12. The number of carbonyl (C=O) groups excluding carboxylic acids is 1. The predicted octanol–water partition coefficient (Wildman–Crippen LogP) is 5.10.